The number of hydrogen-bond acceptors (Lipinski definition) is 3. The van der Waals surface area contributed by atoms with Gasteiger partial charge in [-0.1, -0.05) is 29.3 Å². The van der Waals surface area contributed by atoms with Crippen LogP contribution in [-0.4, -0.2) is 34.9 Å². The molecule has 0 bridgehead atoms. The first-order valence-electron chi connectivity index (χ1n) is 12.4. The highest BCUT2D eigenvalue weighted by molar-refractivity contribution is 6.30. The van der Waals surface area contributed by atoms with E-state index in [1.165, 1.54) is 16.7 Å². The average Bonchev–Trinajstić information content (AvgIpc) is 3.04. The first kappa shape index (κ1) is 31.0. The zero-order valence-electron chi connectivity index (χ0n) is 21.1. The van der Waals surface area contributed by atoms with Crippen molar-refractivity contribution >= 4 is 47.9 Å². The molecular formula is C29H29Cl3F3N3O. The van der Waals surface area contributed by atoms with Gasteiger partial charge in [0.2, 0.25) is 5.91 Å². The predicted molar refractivity (Wildman–Crippen MR) is 152 cm³/mol. The molecule has 2 N–H and O–H groups in total. The van der Waals surface area contributed by atoms with Crippen molar-refractivity contribution < 1.29 is 18.0 Å². The van der Waals surface area contributed by atoms with Gasteiger partial charge in [-0.3, -0.25) is 9.78 Å². The zero-order chi connectivity index (χ0) is 26.1. The Morgan fingerprint density at radius 3 is 2.38 bits per heavy atom. The predicted octanol–water partition coefficient (Wildman–Crippen LogP) is 6.48. The molecule has 2 heterocycles. The molecule has 3 aromatic rings. The molecule has 0 unspecified atom stereocenters. The molecule has 39 heavy (non-hydrogen) atoms. The molecule has 1 atom stereocenters. The third-order valence-electron chi connectivity index (χ3n) is 7.21. The molecule has 1 amide bonds. The summed E-state index contributed by atoms with van der Waals surface area (Å²) in [6.07, 6.45) is 4.92. The Balaban J connectivity index is 0.00000210. The summed E-state index contributed by atoms with van der Waals surface area (Å²) in [5, 5.41) is 0.710. The minimum absolute atomic E-state index is 0. The van der Waals surface area contributed by atoms with Gasteiger partial charge in [-0.2, -0.15) is 0 Å². The topological polar surface area (TPSA) is 59.2 Å². The van der Waals surface area contributed by atoms with E-state index in [9.17, 15) is 18.0 Å². The number of benzene rings is 2. The maximum Gasteiger partial charge on any atom is 0.224 e. The van der Waals surface area contributed by atoms with Gasteiger partial charge in [0.1, 0.15) is 5.82 Å². The molecule has 1 saturated heterocycles. The Morgan fingerprint density at radius 2 is 1.64 bits per heavy atom. The number of carbonyl (C=O) groups excluding carboxylic acids is 1. The Labute approximate surface area is 243 Å². The second kappa shape index (κ2) is 13.2. The number of amides is 1. The highest BCUT2D eigenvalue weighted by atomic mass is 35.5. The third kappa shape index (κ3) is 6.77. The largest absolute Gasteiger partial charge is 0.342 e. The van der Waals surface area contributed by atoms with Crippen LogP contribution >= 0.6 is 36.4 Å². The molecule has 1 aliphatic carbocycles. The first-order chi connectivity index (χ1) is 17.8. The molecule has 0 saturated carbocycles. The van der Waals surface area contributed by atoms with Crippen LogP contribution in [0, 0.1) is 17.5 Å². The summed E-state index contributed by atoms with van der Waals surface area (Å²) in [6.45, 7) is 1.07. The number of likely N-dealkylation sites (tertiary alicyclic amines) is 1. The number of pyridine rings is 1. The molecule has 0 spiro atoms. The number of aryl methyl sites for hydroxylation is 2. The van der Waals surface area contributed by atoms with Gasteiger partial charge in [-0.25, -0.2) is 13.2 Å². The van der Waals surface area contributed by atoms with E-state index in [0.29, 0.717) is 37.0 Å². The normalized spacial score (nSPS) is 15.4. The van der Waals surface area contributed by atoms with E-state index in [1.54, 1.807) is 4.90 Å². The van der Waals surface area contributed by atoms with E-state index in [4.69, 9.17) is 22.3 Å². The highest BCUT2D eigenvalue weighted by Gasteiger charge is 2.27. The molecular weight excluding hydrogens is 570 g/mol. The zero-order valence-corrected chi connectivity index (χ0v) is 23.5. The quantitative estimate of drug-likeness (QED) is 0.350. The Kier molecular flexibility index (Phi) is 10.5. The number of carbonyl (C=O) groups is 1. The van der Waals surface area contributed by atoms with Gasteiger partial charge in [0.05, 0.1) is 5.69 Å². The fraction of sp³-hybridized carbons (Fsp3) is 0.310. The van der Waals surface area contributed by atoms with Gasteiger partial charge < -0.3 is 10.6 Å². The van der Waals surface area contributed by atoms with E-state index in [1.807, 2.05) is 24.4 Å². The number of halogens is 6. The summed E-state index contributed by atoms with van der Waals surface area (Å²) >= 11 is 6.30. The average molecular weight is 599 g/mol. The standard InChI is InChI=1S/C29H27ClF3N3O.2ClH/c30-21-5-6-23-19(12-21)4-3-18-2-1-9-35-29(18)28(23)17-7-10-36(11-8-17)27(37)15-22(34)13-20-14-25(32)26(33)16-24(20)31;;/h1-2,5-6,9,12,14,16,22H,3-4,7-8,10-11,13,15,34H2;2*1H/t22-;;/m1../s1. The molecule has 5 rings (SSSR count). The van der Waals surface area contributed by atoms with Crippen molar-refractivity contribution in [3.05, 3.63) is 105 Å². The van der Waals surface area contributed by atoms with Crippen molar-refractivity contribution in [2.75, 3.05) is 13.1 Å². The molecule has 2 aromatic carbocycles. The maximum atomic E-state index is 14.0. The lowest BCUT2D eigenvalue weighted by molar-refractivity contribution is -0.132. The van der Waals surface area contributed by atoms with Crippen molar-refractivity contribution in [2.45, 2.75) is 44.6 Å². The lowest BCUT2D eigenvalue weighted by Gasteiger charge is -2.31. The summed E-state index contributed by atoms with van der Waals surface area (Å²) in [4.78, 5) is 19.5. The molecule has 1 fully saturated rings. The Morgan fingerprint density at radius 1 is 0.949 bits per heavy atom. The second-order valence-corrected chi connectivity index (χ2v) is 10.1. The van der Waals surface area contributed by atoms with Gasteiger partial charge in [-0.15, -0.1) is 24.8 Å². The Bertz CT molecular complexity index is 1390. The maximum absolute atomic E-state index is 14.0. The number of aromatic nitrogens is 1. The van der Waals surface area contributed by atoms with Crippen LogP contribution in [0.5, 0.6) is 0 Å². The summed E-state index contributed by atoms with van der Waals surface area (Å²) in [5.41, 5.74) is 13.0. The van der Waals surface area contributed by atoms with Crippen LogP contribution < -0.4 is 5.73 Å². The minimum Gasteiger partial charge on any atom is -0.342 e. The summed E-state index contributed by atoms with van der Waals surface area (Å²) in [7, 11) is 0. The monoisotopic (exact) mass is 597 g/mol. The number of rotatable bonds is 4. The van der Waals surface area contributed by atoms with Crippen molar-refractivity contribution in [2.24, 2.45) is 5.73 Å². The van der Waals surface area contributed by atoms with Gasteiger partial charge in [0.25, 0.3) is 0 Å². The van der Waals surface area contributed by atoms with Crippen LogP contribution in [0.3, 0.4) is 0 Å². The van der Waals surface area contributed by atoms with Gasteiger partial charge >= 0.3 is 0 Å². The number of hydrogen-bond donors (Lipinski definition) is 1. The van der Waals surface area contributed by atoms with Gasteiger partial charge in [0, 0.05) is 48.4 Å². The molecule has 2 aliphatic rings. The van der Waals surface area contributed by atoms with Gasteiger partial charge in [-0.05, 0) is 78.6 Å². The van der Waals surface area contributed by atoms with E-state index in [2.05, 4.69) is 12.1 Å². The molecule has 0 radical (unpaired) electrons. The van der Waals surface area contributed by atoms with Crippen LogP contribution in [0.2, 0.25) is 5.02 Å². The van der Waals surface area contributed by atoms with Crippen molar-refractivity contribution in [3.8, 4) is 0 Å². The summed E-state index contributed by atoms with van der Waals surface area (Å²) < 4.78 is 40.7. The van der Waals surface area contributed by atoms with Crippen molar-refractivity contribution in [1.29, 1.82) is 0 Å². The summed E-state index contributed by atoms with van der Waals surface area (Å²) in [6, 6.07) is 10.7. The molecule has 1 aromatic heterocycles. The van der Waals surface area contributed by atoms with Crippen LogP contribution in [0.15, 0.2) is 54.2 Å². The van der Waals surface area contributed by atoms with E-state index >= 15 is 0 Å². The lowest BCUT2D eigenvalue weighted by Crippen LogP contribution is -2.40. The van der Waals surface area contributed by atoms with Crippen LogP contribution in [-0.2, 0) is 24.1 Å². The van der Waals surface area contributed by atoms with E-state index in [0.717, 1.165) is 35.7 Å². The number of fused-ring (bicyclic) bond motifs is 2. The number of piperidine rings is 1. The van der Waals surface area contributed by atoms with Crippen LogP contribution in [0.25, 0.3) is 5.57 Å². The molecule has 1 aliphatic heterocycles. The summed E-state index contributed by atoms with van der Waals surface area (Å²) in [5.74, 6) is -3.38. The first-order valence-corrected chi connectivity index (χ1v) is 12.8. The Hall–Kier alpha value is -2.58. The number of nitrogens with zero attached hydrogens (tertiary/aromatic N) is 2. The number of nitrogens with two attached hydrogens (primary N) is 1. The van der Waals surface area contributed by atoms with Crippen molar-refractivity contribution in [1.82, 2.24) is 9.88 Å². The lowest BCUT2D eigenvalue weighted by atomic mass is 9.88. The third-order valence-corrected chi connectivity index (χ3v) is 7.44. The molecule has 10 heteroatoms. The molecule has 4 nitrogen and oxygen atoms in total. The fourth-order valence-electron chi connectivity index (χ4n) is 5.34. The van der Waals surface area contributed by atoms with Crippen LogP contribution in [0.4, 0.5) is 13.2 Å². The highest BCUT2D eigenvalue weighted by Crippen LogP contribution is 2.38. The smallest absolute Gasteiger partial charge is 0.224 e. The van der Waals surface area contributed by atoms with E-state index in [-0.39, 0.29) is 49.1 Å². The van der Waals surface area contributed by atoms with Gasteiger partial charge in [0.15, 0.2) is 11.6 Å². The van der Waals surface area contributed by atoms with Crippen LogP contribution in [0.1, 0.15) is 47.2 Å². The fourth-order valence-corrected chi connectivity index (χ4v) is 5.53. The molecule has 208 valence electrons. The van der Waals surface area contributed by atoms with E-state index < -0.39 is 23.5 Å². The SMILES string of the molecule is Cl.Cl.N[C@@H](CC(=O)N1CCC(=C2c3ccc(Cl)cc3CCc3cccnc32)CC1)Cc1cc(F)c(F)cc1F. The van der Waals surface area contributed by atoms with Crippen molar-refractivity contribution in [3.63, 3.8) is 0 Å². The second-order valence-electron chi connectivity index (χ2n) is 9.70. The minimum atomic E-state index is -1.25.